The number of benzene rings is 3. The smallest absolute Gasteiger partial charge is 0.135 e. The first kappa shape index (κ1) is 17.8. The number of anilines is 1. The van der Waals surface area contributed by atoms with Gasteiger partial charge in [0.2, 0.25) is 0 Å². The number of rotatable bonds is 4. The van der Waals surface area contributed by atoms with Crippen LogP contribution in [0.15, 0.2) is 83.3 Å². The van der Waals surface area contributed by atoms with Crippen molar-refractivity contribution in [1.82, 2.24) is 4.90 Å². The summed E-state index contributed by atoms with van der Waals surface area (Å²) in [6.07, 6.45) is 0. The van der Waals surface area contributed by atoms with Crippen LogP contribution in [0.4, 0.5) is 5.69 Å². The number of fused-ring (bicyclic) bond motifs is 1. The lowest BCUT2D eigenvalue weighted by atomic mass is 10.0. The quantitative estimate of drug-likeness (QED) is 0.530. The maximum absolute atomic E-state index is 10.0. The van der Waals surface area contributed by atoms with Gasteiger partial charge in [-0.25, -0.2) is 0 Å². The van der Waals surface area contributed by atoms with Crippen LogP contribution in [0.25, 0.3) is 22.1 Å². The molecule has 0 atom stereocenters. The Kier molecular flexibility index (Phi) is 4.70. The summed E-state index contributed by atoms with van der Waals surface area (Å²) in [6, 6.07) is 26.2. The molecule has 0 amide bonds. The fourth-order valence-electron chi connectivity index (χ4n) is 4.18. The van der Waals surface area contributed by atoms with Gasteiger partial charge in [0, 0.05) is 42.8 Å². The van der Waals surface area contributed by atoms with Gasteiger partial charge in [0.15, 0.2) is 0 Å². The highest BCUT2D eigenvalue weighted by Crippen LogP contribution is 2.37. The molecule has 4 nitrogen and oxygen atoms in total. The molecule has 1 fully saturated rings. The first-order valence-electron chi connectivity index (χ1n) is 10.1. The summed E-state index contributed by atoms with van der Waals surface area (Å²) in [6.45, 7) is 4.76. The zero-order valence-electron chi connectivity index (χ0n) is 16.3. The van der Waals surface area contributed by atoms with E-state index in [1.165, 1.54) is 5.69 Å². The van der Waals surface area contributed by atoms with E-state index >= 15 is 0 Å². The molecule has 3 aromatic carbocycles. The Morgan fingerprint density at radius 3 is 2.21 bits per heavy atom. The lowest BCUT2D eigenvalue weighted by molar-refractivity contribution is 0.233. The number of furan rings is 1. The monoisotopic (exact) mass is 384 g/mol. The van der Waals surface area contributed by atoms with E-state index < -0.39 is 0 Å². The van der Waals surface area contributed by atoms with E-state index in [4.69, 9.17) is 4.42 Å². The van der Waals surface area contributed by atoms with Gasteiger partial charge in [0.1, 0.15) is 17.1 Å². The second-order valence-corrected chi connectivity index (χ2v) is 7.55. The topological polar surface area (TPSA) is 39.9 Å². The Morgan fingerprint density at radius 1 is 0.793 bits per heavy atom. The highest BCUT2D eigenvalue weighted by Gasteiger charge is 2.22. The highest BCUT2D eigenvalue weighted by molar-refractivity contribution is 5.96. The molecule has 0 saturated carbocycles. The number of phenolic OH excluding ortho intramolecular Hbond substituents is 1. The van der Waals surface area contributed by atoms with E-state index in [0.29, 0.717) is 0 Å². The molecule has 2 heterocycles. The van der Waals surface area contributed by atoms with Crippen LogP contribution in [0.2, 0.25) is 0 Å². The lowest BCUT2D eigenvalue weighted by Crippen LogP contribution is -2.45. The van der Waals surface area contributed by atoms with Gasteiger partial charge in [-0.2, -0.15) is 0 Å². The summed E-state index contributed by atoms with van der Waals surface area (Å²) in [5, 5.41) is 11.0. The molecule has 29 heavy (non-hydrogen) atoms. The Bertz CT molecular complexity index is 1100. The molecule has 1 aliphatic heterocycles. The highest BCUT2D eigenvalue weighted by atomic mass is 16.3. The molecule has 4 heteroatoms. The number of phenols is 1. The van der Waals surface area contributed by atoms with Crippen molar-refractivity contribution in [3.63, 3.8) is 0 Å². The van der Waals surface area contributed by atoms with Crippen LogP contribution in [0, 0.1) is 0 Å². The molecule has 146 valence electrons. The van der Waals surface area contributed by atoms with Crippen molar-refractivity contribution in [1.29, 1.82) is 0 Å². The molecule has 0 unspecified atom stereocenters. The minimum atomic E-state index is 0.263. The van der Waals surface area contributed by atoms with Crippen molar-refractivity contribution in [2.24, 2.45) is 0 Å². The van der Waals surface area contributed by atoms with Gasteiger partial charge in [-0.15, -0.1) is 0 Å². The van der Waals surface area contributed by atoms with Gasteiger partial charge in [-0.05, 0) is 35.9 Å². The summed E-state index contributed by atoms with van der Waals surface area (Å²) >= 11 is 0. The third-order valence-corrected chi connectivity index (χ3v) is 5.67. The van der Waals surface area contributed by atoms with E-state index in [9.17, 15) is 5.11 Å². The van der Waals surface area contributed by atoms with Gasteiger partial charge >= 0.3 is 0 Å². The normalized spacial score (nSPS) is 15.1. The molecule has 4 aromatic rings. The zero-order chi connectivity index (χ0) is 19.6. The number of nitrogens with zero attached hydrogens (tertiary/aromatic N) is 2. The van der Waals surface area contributed by atoms with Crippen LogP contribution in [-0.2, 0) is 6.54 Å². The van der Waals surface area contributed by atoms with Crippen LogP contribution >= 0.6 is 0 Å². The van der Waals surface area contributed by atoms with Gasteiger partial charge in [0.25, 0.3) is 0 Å². The molecule has 0 spiro atoms. The van der Waals surface area contributed by atoms with E-state index in [2.05, 4.69) is 52.3 Å². The van der Waals surface area contributed by atoms with Crippen molar-refractivity contribution in [2.75, 3.05) is 31.1 Å². The number of piperazine rings is 1. The average Bonchev–Trinajstić information content (AvgIpc) is 3.12. The predicted octanol–water partition coefficient (Wildman–Crippen LogP) is 5.13. The van der Waals surface area contributed by atoms with Crippen molar-refractivity contribution in [3.05, 3.63) is 84.6 Å². The molecule has 1 saturated heterocycles. The molecule has 0 aliphatic carbocycles. The summed E-state index contributed by atoms with van der Waals surface area (Å²) in [5.41, 5.74) is 4.31. The molecule has 5 rings (SSSR count). The van der Waals surface area contributed by atoms with Crippen molar-refractivity contribution in [3.8, 4) is 16.9 Å². The maximum Gasteiger partial charge on any atom is 0.135 e. The van der Waals surface area contributed by atoms with Gasteiger partial charge in [-0.1, -0.05) is 48.5 Å². The third kappa shape index (κ3) is 3.59. The van der Waals surface area contributed by atoms with Crippen molar-refractivity contribution >= 4 is 16.7 Å². The van der Waals surface area contributed by atoms with E-state index in [0.717, 1.165) is 60.6 Å². The molecular formula is C25H24N2O2. The summed E-state index contributed by atoms with van der Waals surface area (Å²) in [4.78, 5) is 4.88. The lowest BCUT2D eigenvalue weighted by Gasteiger charge is -2.35. The predicted molar refractivity (Wildman–Crippen MR) is 117 cm³/mol. The molecule has 1 aliphatic rings. The second-order valence-electron chi connectivity index (χ2n) is 7.55. The van der Waals surface area contributed by atoms with Gasteiger partial charge in [0.05, 0.1) is 6.54 Å². The first-order chi connectivity index (χ1) is 14.3. The van der Waals surface area contributed by atoms with Gasteiger partial charge < -0.3 is 14.4 Å². The molecule has 1 aromatic heterocycles. The molecule has 1 N–H and O–H groups in total. The van der Waals surface area contributed by atoms with Crippen LogP contribution in [0.1, 0.15) is 5.76 Å². The van der Waals surface area contributed by atoms with Crippen molar-refractivity contribution < 1.29 is 9.52 Å². The van der Waals surface area contributed by atoms with Crippen LogP contribution in [-0.4, -0.2) is 36.2 Å². The second kappa shape index (κ2) is 7.64. The van der Waals surface area contributed by atoms with Gasteiger partial charge in [-0.3, -0.25) is 4.90 Å². The molecule has 0 radical (unpaired) electrons. The SMILES string of the molecule is Oc1ccc2oc(CN3CCN(c4ccccc4)CC3)c(-c3ccccc3)c2c1. The average molecular weight is 384 g/mol. The summed E-state index contributed by atoms with van der Waals surface area (Å²) < 4.78 is 6.26. The van der Waals surface area contributed by atoms with Crippen LogP contribution in [0.3, 0.4) is 0 Å². The van der Waals surface area contributed by atoms with E-state index in [1.807, 2.05) is 24.3 Å². The number of hydrogen-bond donors (Lipinski definition) is 1. The standard InChI is InChI=1S/C25H24N2O2/c28-21-11-12-23-22(17-21)25(19-7-3-1-4-8-19)24(29-23)18-26-13-15-27(16-14-26)20-9-5-2-6-10-20/h1-12,17,28H,13-16,18H2. The Hall–Kier alpha value is -3.24. The van der Waals surface area contributed by atoms with E-state index in [1.54, 1.807) is 12.1 Å². The largest absolute Gasteiger partial charge is 0.508 e. The van der Waals surface area contributed by atoms with Crippen LogP contribution in [0.5, 0.6) is 5.75 Å². The van der Waals surface area contributed by atoms with E-state index in [-0.39, 0.29) is 5.75 Å². The maximum atomic E-state index is 10.0. The first-order valence-corrected chi connectivity index (χ1v) is 10.1. The number of aromatic hydroxyl groups is 1. The fraction of sp³-hybridized carbons (Fsp3) is 0.200. The zero-order valence-corrected chi connectivity index (χ0v) is 16.3. The minimum Gasteiger partial charge on any atom is -0.508 e. The number of para-hydroxylation sites is 1. The Labute approximate surface area is 170 Å². The molecular weight excluding hydrogens is 360 g/mol. The van der Waals surface area contributed by atoms with Crippen LogP contribution < -0.4 is 4.90 Å². The Morgan fingerprint density at radius 2 is 1.48 bits per heavy atom. The third-order valence-electron chi connectivity index (χ3n) is 5.67. The Balaban J connectivity index is 1.41. The minimum absolute atomic E-state index is 0.263. The fourth-order valence-corrected chi connectivity index (χ4v) is 4.18. The number of hydrogen-bond acceptors (Lipinski definition) is 4. The summed E-state index contributed by atoms with van der Waals surface area (Å²) in [5.74, 6) is 1.23. The van der Waals surface area contributed by atoms with Crippen molar-refractivity contribution in [2.45, 2.75) is 6.54 Å². The summed E-state index contributed by atoms with van der Waals surface area (Å²) in [7, 11) is 0. The molecule has 0 bridgehead atoms.